The molecule has 0 saturated carbocycles. The van der Waals surface area contributed by atoms with Crippen LogP contribution in [0.1, 0.15) is 29.8 Å². The first kappa shape index (κ1) is 18.5. The number of alkyl halides is 3. The summed E-state index contributed by atoms with van der Waals surface area (Å²) in [4.78, 5) is 34.1. The third-order valence-corrected chi connectivity index (χ3v) is 2.87. The summed E-state index contributed by atoms with van der Waals surface area (Å²) in [5, 5.41) is 13.2. The van der Waals surface area contributed by atoms with Crippen LogP contribution < -0.4 is 10.6 Å². The van der Waals surface area contributed by atoms with Crippen LogP contribution in [0.15, 0.2) is 24.3 Å². The first-order valence-electron chi connectivity index (χ1n) is 6.43. The summed E-state index contributed by atoms with van der Waals surface area (Å²) in [6, 6.07) is 3.47. The summed E-state index contributed by atoms with van der Waals surface area (Å²) >= 11 is 0. The molecule has 0 aliphatic heterocycles. The standard InChI is InChI=1S/C14H15F3N2O4/c1-13(2,12(22)23)19-10(20)7-18-11(21)8-3-5-9(6-4-8)14(15,16)17/h3-6H,7H2,1-2H3,(H,18,21)(H,19,20)(H,22,23). The Bertz CT molecular complexity index is 609. The minimum atomic E-state index is -4.50. The molecule has 0 radical (unpaired) electrons. The van der Waals surface area contributed by atoms with E-state index < -0.39 is 41.6 Å². The summed E-state index contributed by atoms with van der Waals surface area (Å²) < 4.78 is 37.2. The number of hydrogen-bond donors (Lipinski definition) is 3. The largest absolute Gasteiger partial charge is 0.480 e. The van der Waals surface area contributed by atoms with Crippen molar-refractivity contribution in [3.63, 3.8) is 0 Å². The fourth-order valence-electron chi connectivity index (χ4n) is 1.52. The number of carboxylic acids is 1. The Morgan fingerprint density at radius 3 is 2.04 bits per heavy atom. The first-order valence-corrected chi connectivity index (χ1v) is 6.43. The molecular formula is C14H15F3N2O4. The van der Waals surface area contributed by atoms with Gasteiger partial charge < -0.3 is 15.7 Å². The van der Waals surface area contributed by atoms with Crippen LogP contribution in [0, 0.1) is 0 Å². The van der Waals surface area contributed by atoms with Crippen LogP contribution >= 0.6 is 0 Å². The van der Waals surface area contributed by atoms with E-state index in [1.54, 1.807) is 0 Å². The predicted molar refractivity (Wildman–Crippen MR) is 73.6 cm³/mol. The molecule has 0 heterocycles. The average molecular weight is 332 g/mol. The van der Waals surface area contributed by atoms with Crippen LogP contribution in [0.5, 0.6) is 0 Å². The van der Waals surface area contributed by atoms with E-state index in [0.717, 1.165) is 24.3 Å². The van der Waals surface area contributed by atoms with Gasteiger partial charge in [0.1, 0.15) is 5.54 Å². The second-order valence-corrected chi connectivity index (χ2v) is 5.24. The van der Waals surface area contributed by atoms with E-state index in [4.69, 9.17) is 5.11 Å². The number of halogens is 3. The lowest BCUT2D eigenvalue weighted by Gasteiger charge is -2.21. The molecule has 0 aliphatic rings. The van der Waals surface area contributed by atoms with Gasteiger partial charge in [0, 0.05) is 5.56 Å². The van der Waals surface area contributed by atoms with E-state index in [-0.39, 0.29) is 5.56 Å². The second kappa shape index (κ2) is 6.67. The number of carbonyl (C=O) groups is 3. The molecule has 0 atom stereocenters. The number of rotatable bonds is 5. The third kappa shape index (κ3) is 5.28. The van der Waals surface area contributed by atoms with E-state index in [1.165, 1.54) is 13.8 Å². The highest BCUT2D eigenvalue weighted by Crippen LogP contribution is 2.28. The van der Waals surface area contributed by atoms with Gasteiger partial charge >= 0.3 is 12.1 Å². The van der Waals surface area contributed by atoms with Crippen molar-refractivity contribution in [2.75, 3.05) is 6.54 Å². The maximum Gasteiger partial charge on any atom is 0.416 e. The number of hydrogen-bond acceptors (Lipinski definition) is 3. The minimum absolute atomic E-state index is 0.0525. The van der Waals surface area contributed by atoms with Crippen molar-refractivity contribution >= 4 is 17.8 Å². The number of aliphatic carboxylic acids is 1. The van der Waals surface area contributed by atoms with Crippen LogP contribution in [0.3, 0.4) is 0 Å². The van der Waals surface area contributed by atoms with E-state index in [2.05, 4.69) is 10.6 Å². The molecule has 1 rings (SSSR count). The van der Waals surface area contributed by atoms with Crippen molar-refractivity contribution < 1.29 is 32.7 Å². The van der Waals surface area contributed by atoms with Gasteiger partial charge in [0.25, 0.3) is 5.91 Å². The van der Waals surface area contributed by atoms with Crippen LogP contribution in [-0.4, -0.2) is 35.0 Å². The van der Waals surface area contributed by atoms with Crippen molar-refractivity contribution in [2.45, 2.75) is 25.6 Å². The minimum Gasteiger partial charge on any atom is -0.480 e. The Kier molecular flexibility index (Phi) is 5.36. The first-order chi connectivity index (χ1) is 10.4. The molecule has 3 N–H and O–H groups in total. The van der Waals surface area contributed by atoms with Gasteiger partial charge in [0.05, 0.1) is 12.1 Å². The lowest BCUT2D eigenvalue weighted by Crippen LogP contribution is -2.52. The molecule has 0 bridgehead atoms. The molecule has 2 amide bonds. The van der Waals surface area contributed by atoms with Gasteiger partial charge in [-0.1, -0.05) is 0 Å². The number of carbonyl (C=O) groups excluding carboxylic acids is 2. The SMILES string of the molecule is CC(C)(NC(=O)CNC(=O)c1ccc(C(F)(F)F)cc1)C(=O)O. The normalized spacial score (nSPS) is 11.7. The Balaban J connectivity index is 2.60. The van der Waals surface area contributed by atoms with Crippen molar-refractivity contribution in [3.05, 3.63) is 35.4 Å². The van der Waals surface area contributed by atoms with Gasteiger partial charge in [0.15, 0.2) is 0 Å². The van der Waals surface area contributed by atoms with Crippen molar-refractivity contribution in [2.24, 2.45) is 0 Å². The molecule has 9 heteroatoms. The summed E-state index contributed by atoms with van der Waals surface area (Å²) in [6.07, 6.45) is -4.50. The Morgan fingerprint density at radius 1 is 1.09 bits per heavy atom. The molecule has 23 heavy (non-hydrogen) atoms. The highest BCUT2D eigenvalue weighted by molar-refractivity contribution is 5.97. The highest BCUT2D eigenvalue weighted by atomic mass is 19.4. The predicted octanol–water partition coefficient (Wildman–Crippen LogP) is 1.41. The molecule has 0 unspecified atom stereocenters. The van der Waals surface area contributed by atoms with Crippen LogP contribution in [0.25, 0.3) is 0 Å². The molecule has 0 aromatic heterocycles. The number of benzene rings is 1. The molecule has 0 fully saturated rings. The zero-order valence-corrected chi connectivity index (χ0v) is 12.3. The van der Waals surface area contributed by atoms with Gasteiger partial charge in [-0.05, 0) is 38.1 Å². The molecule has 0 spiro atoms. The van der Waals surface area contributed by atoms with E-state index in [9.17, 15) is 27.6 Å². The van der Waals surface area contributed by atoms with E-state index >= 15 is 0 Å². The Labute approximate surface area is 129 Å². The lowest BCUT2D eigenvalue weighted by atomic mass is 10.1. The summed E-state index contributed by atoms with van der Waals surface area (Å²) in [6.45, 7) is 2.03. The smallest absolute Gasteiger partial charge is 0.416 e. The van der Waals surface area contributed by atoms with Gasteiger partial charge in [-0.15, -0.1) is 0 Å². The molecular weight excluding hydrogens is 317 g/mol. The summed E-state index contributed by atoms with van der Waals surface area (Å²) in [5.41, 5.74) is -2.45. The van der Waals surface area contributed by atoms with E-state index in [0.29, 0.717) is 0 Å². The van der Waals surface area contributed by atoms with Gasteiger partial charge in [0.2, 0.25) is 5.91 Å². The quantitative estimate of drug-likeness (QED) is 0.760. The topological polar surface area (TPSA) is 95.5 Å². The van der Waals surface area contributed by atoms with Crippen molar-refractivity contribution in [1.29, 1.82) is 0 Å². The number of carboxylic acid groups (broad SMARTS) is 1. The van der Waals surface area contributed by atoms with Crippen molar-refractivity contribution in [3.8, 4) is 0 Å². The van der Waals surface area contributed by atoms with Crippen LogP contribution in [0.2, 0.25) is 0 Å². The monoisotopic (exact) mass is 332 g/mol. The fourth-order valence-corrected chi connectivity index (χ4v) is 1.52. The highest BCUT2D eigenvalue weighted by Gasteiger charge is 2.30. The van der Waals surface area contributed by atoms with E-state index in [1.807, 2.05) is 0 Å². The molecule has 6 nitrogen and oxygen atoms in total. The zero-order valence-electron chi connectivity index (χ0n) is 12.3. The maximum atomic E-state index is 12.4. The molecule has 1 aromatic rings. The van der Waals surface area contributed by atoms with Gasteiger partial charge in [-0.25, -0.2) is 4.79 Å². The zero-order chi connectivity index (χ0) is 17.8. The molecule has 0 saturated heterocycles. The molecule has 0 aliphatic carbocycles. The Hall–Kier alpha value is -2.58. The summed E-state index contributed by atoms with van der Waals surface area (Å²) in [7, 11) is 0. The number of amides is 2. The molecule has 1 aromatic carbocycles. The fraction of sp³-hybridized carbons (Fsp3) is 0.357. The summed E-state index contributed by atoms with van der Waals surface area (Å²) in [5.74, 6) is -2.74. The van der Waals surface area contributed by atoms with Crippen LogP contribution in [0.4, 0.5) is 13.2 Å². The van der Waals surface area contributed by atoms with Crippen LogP contribution in [-0.2, 0) is 15.8 Å². The third-order valence-electron chi connectivity index (χ3n) is 2.87. The average Bonchev–Trinajstić information content (AvgIpc) is 2.43. The molecule has 126 valence electrons. The number of nitrogens with one attached hydrogen (secondary N) is 2. The maximum absolute atomic E-state index is 12.4. The Morgan fingerprint density at radius 2 is 1.61 bits per heavy atom. The van der Waals surface area contributed by atoms with Gasteiger partial charge in [-0.2, -0.15) is 13.2 Å². The lowest BCUT2D eigenvalue weighted by molar-refractivity contribution is -0.145. The van der Waals surface area contributed by atoms with Gasteiger partial charge in [-0.3, -0.25) is 9.59 Å². The van der Waals surface area contributed by atoms with Crippen molar-refractivity contribution in [1.82, 2.24) is 10.6 Å². The second-order valence-electron chi connectivity index (χ2n) is 5.24.